The summed E-state index contributed by atoms with van der Waals surface area (Å²) in [7, 11) is 0. The molecule has 0 bridgehead atoms. The van der Waals surface area contributed by atoms with Crippen molar-refractivity contribution in [3.8, 4) is 0 Å². The second-order valence-corrected chi connectivity index (χ2v) is 4.78. The Labute approximate surface area is 119 Å². The molecule has 1 aromatic heterocycles. The summed E-state index contributed by atoms with van der Waals surface area (Å²) in [6, 6.07) is 12.0. The maximum Gasteiger partial charge on any atom is 0.268 e. The maximum absolute atomic E-state index is 11.8. The van der Waals surface area contributed by atoms with E-state index in [2.05, 4.69) is 34.7 Å². The Morgan fingerprint density at radius 2 is 2.00 bits per heavy atom. The SMILES string of the molecule is CCNc1cnn(CCCCc2ccccc2)c(=O)c1. The molecule has 0 radical (unpaired) electrons. The number of anilines is 1. The van der Waals surface area contributed by atoms with Gasteiger partial charge in [0.05, 0.1) is 11.9 Å². The molecule has 1 aromatic carbocycles. The standard InChI is InChI=1S/C16H21N3O/c1-2-17-15-12-16(20)19(18-13-15)11-7-6-10-14-8-4-3-5-9-14/h3-5,8-9,12-13,17H,2,6-7,10-11H2,1H3. The highest BCUT2D eigenvalue weighted by Gasteiger charge is 2.00. The molecule has 0 aliphatic heterocycles. The number of rotatable bonds is 7. The first kappa shape index (κ1) is 14.3. The third kappa shape index (κ3) is 4.23. The van der Waals surface area contributed by atoms with Crippen molar-refractivity contribution in [2.24, 2.45) is 0 Å². The quantitative estimate of drug-likeness (QED) is 0.788. The Morgan fingerprint density at radius 1 is 1.20 bits per heavy atom. The highest BCUT2D eigenvalue weighted by atomic mass is 16.1. The van der Waals surface area contributed by atoms with Crippen LogP contribution in [0.5, 0.6) is 0 Å². The zero-order chi connectivity index (χ0) is 14.2. The minimum absolute atomic E-state index is 0.0387. The van der Waals surface area contributed by atoms with Gasteiger partial charge in [0.25, 0.3) is 5.56 Å². The molecule has 4 nitrogen and oxygen atoms in total. The van der Waals surface area contributed by atoms with E-state index >= 15 is 0 Å². The first-order valence-corrected chi connectivity index (χ1v) is 7.14. The fourth-order valence-corrected chi connectivity index (χ4v) is 2.14. The van der Waals surface area contributed by atoms with E-state index in [4.69, 9.17) is 0 Å². The normalized spacial score (nSPS) is 10.4. The lowest BCUT2D eigenvalue weighted by Crippen LogP contribution is -2.22. The number of hydrogen-bond acceptors (Lipinski definition) is 3. The molecule has 0 fully saturated rings. The van der Waals surface area contributed by atoms with Crippen LogP contribution in [0, 0.1) is 0 Å². The van der Waals surface area contributed by atoms with E-state index in [1.807, 2.05) is 13.0 Å². The van der Waals surface area contributed by atoms with Gasteiger partial charge in [-0.05, 0) is 31.7 Å². The Bertz CT molecular complexity index is 578. The van der Waals surface area contributed by atoms with Crippen molar-refractivity contribution in [2.45, 2.75) is 32.7 Å². The third-order valence-electron chi connectivity index (χ3n) is 3.18. The molecular weight excluding hydrogens is 250 g/mol. The van der Waals surface area contributed by atoms with Gasteiger partial charge >= 0.3 is 0 Å². The van der Waals surface area contributed by atoms with Gasteiger partial charge in [0, 0.05) is 19.2 Å². The van der Waals surface area contributed by atoms with Gasteiger partial charge in [0.15, 0.2) is 0 Å². The Hall–Kier alpha value is -2.10. The van der Waals surface area contributed by atoms with Gasteiger partial charge in [0.2, 0.25) is 0 Å². The summed E-state index contributed by atoms with van der Waals surface area (Å²) in [6.45, 7) is 3.47. The molecule has 0 spiro atoms. The lowest BCUT2D eigenvalue weighted by atomic mass is 10.1. The fraction of sp³-hybridized carbons (Fsp3) is 0.375. The van der Waals surface area contributed by atoms with Crippen molar-refractivity contribution in [1.82, 2.24) is 9.78 Å². The molecule has 0 unspecified atom stereocenters. The van der Waals surface area contributed by atoms with Crippen LogP contribution in [0.2, 0.25) is 0 Å². The van der Waals surface area contributed by atoms with Crippen LogP contribution in [-0.4, -0.2) is 16.3 Å². The van der Waals surface area contributed by atoms with Crippen LogP contribution in [-0.2, 0) is 13.0 Å². The average Bonchev–Trinajstić information content (AvgIpc) is 2.47. The lowest BCUT2D eigenvalue weighted by molar-refractivity contribution is 0.532. The van der Waals surface area contributed by atoms with E-state index in [-0.39, 0.29) is 5.56 Å². The number of hydrogen-bond donors (Lipinski definition) is 1. The molecule has 1 N–H and O–H groups in total. The van der Waals surface area contributed by atoms with E-state index < -0.39 is 0 Å². The highest BCUT2D eigenvalue weighted by molar-refractivity contribution is 5.38. The van der Waals surface area contributed by atoms with Crippen molar-refractivity contribution < 1.29 is 0 Å². The maximum atomic E-state index is 11.8. The molecule has 0 aliphatic rings. The number of nitrogens with one attached hydrogen (secondary N) is 1. The smallest absolute Gasteiger partial charge is 0.268 e. The number of aryl methyl sites for hydroxylation is 2. The predicted molar refractivity (Wildman–Crippen MR) is 82.0 cm³/mol. The van der Waals surface area contributed by atoms with E-state index in [0.29, 0.717) is 6.54 Å². The Morgan fingerprint density at radius 3 is 2.70 bits per heavy atom. The number of benzene rings is 1. The van der Waals surface area contributed by atoms with Crippen LogP contribution >= 0.6 is 0 Å². The summed E-state index contributed by atoms with van der Waals surface area (Å²) in [5.74, 6) is 0. The Balaban J connectivity index is 1.81. The molecule has 0 atom stereocenters. The summed E-state index contributed by atoms with van der Waals surface area (Å²) >= 11 is 0. The van der Waals surface area contributed by atoms with Crippen LogP contribution in [0.1, 0.15) is 25.3 Å². The largest absolute Gasteiger partial charge is 0.384 e. The molecule has 2 aromatic rings. The zero-order valence-corrected chi connectivity index (χ0v) is 11.9. The van der Waals surface area contributed by atoms with Gasteiger partial charge in [-0.3, -0.25) is 4.79 Å². The highest BCUT2D eigenvalue weighted by Crippen LogP contribution is 2.05. The van der Waals surface area contributed by atoms with Gasteiger partial charge in [-0.15, -0.1) is 0 Å². The molecule has 2 rings (SSSR count). The molecule has 0 saturated heterocycles. The second kappa shape index (κ2) is 7.48. The number of nitrogens with zero attached hydrogens (tertiary/aromatic N) is 2. The van der Waals surface area contributed by atoms with Gasteiger partial charge < -0.3 is 5.32 Å². The van der Waals surface area contributed by atoms with Crippen LogP contribution in [0.25, 0.3) is 0 Å². The minimum atomic E-state index is -0.0387. The first-order valence-electron chi connectivity index (χ1n) is 7.14. The molecule has 20 heavy (non-hydrogen) atoms. The summed E-state index contributed by atoms with van der Waals surface area (Å²) < 4.78 is 1.53. The van der Waals surface area contributed by atoms with Crippen LogP contribution in [0.15, 0.2) is 47.4 Å². The van der Waals surface area contributed by atoms with Gasteiger partial charge in [-0.2, -0.15) is 5.10 Å². The van der Waals surface area contributed by atoms with E-state index in [9.17, 15) is 4.79 Å². The molecule has 0 amide bonds. The minimum Gasteiger partial charge on any atom is -0.384 e. The topological polar surface area (TPSA) is 46.9 Å². The van der Waals surface area contributed by atoms with Crippen molar-refractivity contribution >= 4 is 5.69 Å². The summed E-state index contributed by atoms with van der Waals surface area (Å²) in [6.07, 6.45) is 4.78. The molecule has 106 valence electrons. The van der Waals surface area contributed by atoms with Crippen molar-refractivity contribution in [3.63, 3.8) is 0 Å². The van der Waals surface area contributed by atoms with Crippen molar-refractivity contribution in [3.05, 3.63) is 58.5 Å². The zero-order valence-electron chi connectivity index (χ0n) is 11.9. The van der Waals surface area contributed by atoms with Gasteiger partial charge in [-0.25, -0.2) is 4.68 Å². The summed E-state index contributed by atoms with van der Waals surface area (Å²) in [5, 5.41) is 7.27. The van der Waals surface area contributed by atoms with E-state index in [0.717, 1.165) is 31.5 Å². The van der Waals surface area contributed by atoms with Crippen molar-refractivity contribution in [2.75, 3.05) is 11.9 Å². The van der Waals surface area contributed by atoms with E-state index in [1.165, 1.54) is 10.2 Å². The predicted octanol–water partition coefficient (Wildman–Crippen LogP) is 2.70. The molecule has 1 heterocycles. The Kier molecular flexibility index (Phi) is 5.35. The van der Waals surface area contributed by atoms with Gasteiger partial charge in [-0.1, -0.05) is 30.3 Å². The van der Waals surface area contributed by atoms with Crippen LogP contribution in [0.4, 0.5) is 5.69 Å². The molecule has 0 aliphatic carbocycles. The van der Waals surface area contributed by atoms with Crippen molar-refractivity contribution in [1.29, 1.82) is 0 Å². The fourth-order valence-electron chi connectivity index (χ4n) is 2.14. The van der Waals surface area contributed by atoms with Crippen LogP contribution < -0.4 is 10.9 Å². The summed E-state index contributed by atoms with van der Waals surface area (Å²) in [4.78, 5) is 11.8. The number of aromatic nitrogens is 2. The molecule has 4 heteroatoms. The number of unbranched alkanes of at least 4 members (excludes halogenated alkanes) is 1. The average molecular weight is 271 g/mol. The van der Waals surface area contributed by atoms with Gasteiger partial charge in [0.1, 0.15) is 0 Å². The monoisotopic (exact) mass is 271 g/mol. The van der Waals surface area contributed by atoms with Crippen LogP contribution in [0.3, 0.4) is 0 Å². The first-order chi connectivity index (χ1) is 9.79. The molecular formula is C16H21N3O. The summed E-state index contributed by atoms with van der Waals surface area (Å²) in [5.41, 5.74) is 2.09. The third-order valence-corrected chi connectivity index (χ3v) is 3.18. The lowest BCUT2D eigenvalue weighted by Gasteiger charge is -2.06. The van der Waals surface area contributed by atoms with E-state index in [1.54, 1.807) is 12.3 Å². The molecule has 0 saturated carbocycles. The second-order valence-electron chi connectivity index (χ2n) is 4.78.